The lowest BCUT2D eigenvalue weighted by Gasteiger charge is -1.92. The molecule has 5 heteroatoms. The molecule has 5 nitrogen and oxygen atoms in total. The first-order chi connectivity index (χ1) is 7.45. The molecule has 0 aromatic carbocycles. The largest absolute Gasteiger partial charge is 0.284 e. The zero-order valence-electron chi connectivity index (χ0n) is 7.98. The van der Waals surface area contributed by atoms with Crippen molar-refractivity contribution >= 4 is 6.21 Å². The summed E-state index contributed by atoms with van der Waals surface area (Å²) < 4.78 is 0. The van der Waals surface area contributed by atoms with Gasteiger partial charge in [0.1, 0.15) is 0 Å². The Morgan fingerprint density at radius 1 is 1.00 bits per heavy atom. The Kier molecular flexibility index (Phi) is 3.07. The van der Waals surface area contributed by atoms with E-state index >= 15 is 0 Å². The van der Waals surface area contributed by atoms with Crippen molar-refractivity contribution in [2.24, 2.45) is 4.99 Å². The summed E-state index contributed by atoms with van der Waals surface area (Å²) in [4.78, 5) is 20.2. The highest BCUT2D eigenvalue weighted by Gasteiger charge is 1.90. The van der Waals surface area contributed by atoms with Gasteiger partial charge in [0.05, 0.1) is 30.3 Å². The van der Waals surface area contributed by atoms with Crippen LogP contribution in [0.25, 0.3) is 0 Å². The second-order valence-electron chi connectivity index (χ2n) is 2.80. The fourth-order valence-electron chi connectivity index (χ4n) is 1.02. The Morgan fingerprint density at radius 3 is 2.47 bits per heavy atom. The van der Waals surface area contributed by atoms with Gasteiger partial charge < -0.3 is 0 Å². The number of rotatable bonds is 3. The molecule has 0 aliphatic rings. The SMILES string of the molecule is C(=NCc1cnccn1)c1cnccn1. The molecule has 0 aliphatic carbocycles. The predicted molar refractivity (Wildman–Crippen MR) is 55.4 cm³/mol. The van der Waals surface area contributed by atoms with Crippen LogP contribution in [0, 0.1) is 0 Å². The number of hydrogen-bond acceptors (Lipinski definition) is 5. The van der Waals surface area contributed by atoms with Crippen LogP contribution in [-0.2, 0) is 6.54 Å². The van der Waals surface area contributed by atoms with Crippen molar-refractivity contribution in [3.05, 3.63) is 48.6 Å². The highest BCUT2D eigenvalue weighted by atomic mass is 14.8. The lowest BCUT2D eigenvalue weighted by Crippen LogP contribution is -1.91. The molecule has 74 valence electrons. The van der Waals surface area contributed by atoms with Gasteiger partial charge in [0.2, 0.25) is 0 Å². The summed E-state index contributed by atoms with van der Waals surface area (Å²) in [5.74, 6) is 0. The Labute approximate surface area is 87.0 Å². The molecule has 0 unspecified atom stereocenters. The first-order valence-electron chi connectivity index (χ1n) is 4.46. The molecule has 0 saturated carbocycles. The molecule has 0 saturated heterocycles. The highest BCUT2D eigenvalue weighted by molar-refractivity contribution is 5.76. The quantitative estimate of drug-likeness (QED) is 0.688. The highest BCUT2D eigenvalue weighted by Crippen LogP contribution is 1.93. The minimum Gasteiger partial charge on any atom is -0.284 e. The van der Waals surface area contributed by atoms with Gasteiger partial charge in [-0.15, -0.1) is 0 Å². The van der Waals surface area contributed by atoms with Crippen LogP contribution in [0.4, 0.5) is 0 Å². The van der Waals surface area contributed by atoms with Gasteiger partial charge in [-0.3, -0.25) is 24.9 Å². The van der Waals surface area contributed by atoms with Crippen molar-refractivity contribution in [2.75, 3.05) is 0 Å². The second kappa shape index (κ2) is 4.90. The summed E-state index contributed by atoms with van der Waals surface area (Å²) in [5.41, 5.74) is 1.57. The zero-order chi connectivity index (χ0) is 10.3. The summed E-state index contributed by atoms with van der Waals surface area (Å²) in [6.07, 6.45) is 11.5. The van der Waals surface area contributed by atoms with Crippen LogP contribution in [0.3, 0.4) is 0 Å². The number of hydrogen-bond donors (Lipinski definition) is 0. The molecule has 2 rings (SSSR count). The minimum atomic E-state index is 0.504. The van der Waals surface area contributed by atoms with E-state index in [1.54, 1.807) is 43.4 Å². The van der Waals surface area contributed by atoms with Crippen molar-refractivity contribution < 1.29 is 0 Å². The third-order valence-corrected chi connectivity index (χ3v) is 1.68. The minimum absolute atomic E-state index is 0.504. The normalized spacial score (nSPS) is 10.7. The summed E-state index contributed by atoms with van der Waals surface area (Å²) in [6, 6.07) is 0. The smallest absolute Gasteiger partial charge is 0.0991 e. The van der Waals surface area contributed by atoms with Gasteiger partial charge in [-0.05, 0) is 0 Å². The molecule has 2 heterocycles. The van der Waals surface area contributed by atoms with E-state index in [0.29, 0.717) is 6.54 Å². The van der Waals surface area contributed by atoms with Crippen molar-refractivity contribution in [3.8, 4) is 0 Å². The topological polar surface area (TPSA) is 63.9 Å². The Bertz CT molecular complexity index is 426. The van der Waals surface area contributed by atoms with Gasteiger partial charge in [-0.1, -0.05) is 0 Å². The standard InChI is InChI=1S/C10H9N5/c1-3-14-9(5-11-1)7-13-8-10-6-12-2-4-15-10/h1-7H,8H2. The first-order valence-corrected chi connectivity index (χ1v) is 4.46. The molecule has 0 atom stereocenters. The van der Waals surface area contributed by atoms with Gasteiger partial charge in [0, 0.05) is 31.0 Å². The monoisotopic (exact) mass is 199 g/mol. The summed E-state index contributed by atoms with van der Waals surface area (Å²) >= 11 is 0. The van der Waals surface area contributed by atoms with Gasteiger partial charge in [-0.2, -0.15) is 0 Å². The van der Waals surface area contributed by atoms with Crippen molar-refractivity contribution in [3.63, 3.8) is 0 Å². The van der Waals surface area contributed by atoms with Crippen LogP contribution in [0.1, 0.15) is 11.4 Å². The van der Waals surface area contributed by atoms with E-state index < -0.39 is 0 Å². The first kappa shape index (κ1) is 9.39. The molecule has 0 N–H and O–H groups in total. The molecule has 2 aromatic heterocycles. The van der Waals surface area contributed by atoms with E-state index in [1.807, 2.05) is 0 Å². The maximum absolute atomic E-state index is 4.18. The maximum Gasteiger partial charge on any atom is 0.0991 e. The van der Waals surface area contributed by atoms with Crippen LogP contribution >= 0.6 is 0 Å². The van der Waals surface area contributed by atoms with Gasteiger partial charge in [0.15, 0.2) is 0 Å². The molecule has 0 amide bonds. The van der Waals surface area contributed by atoms with Crippen LogP contribution in [0.5, 0.6) is 0 Å². The lowest BCUT2D eigenvalue weighted by atomic mass is 10.4. The molecule has 0 fully saturated rings. The Morgan fingerprint density at radius 2 is 1.80 bits per heavy atom. The van der Waals surface area contributed by atoms with Crippen LogP contribution < -0.4 is 0 Å². The van der Waals surface area contributed by atoms with Gasteiger partial charge in [-0.25, -0.2) is 0 Å². The summed E-state index contributed by atoms with van der Waals surface area (Å²) in [5, 5.41) is 0. The fraction of sp³-hybridized carbons (Fsp3) is 0.100. The van der Waals surface area contributed by atoms with E-state index in [4.69, 9.17) is 0 Å². The maximum atomic E-state index is 4.18. The van der Waals surface area contributed by atoms with Crippen LogP contribution in [-0.4, -0.2) is 26.2 Å². The third kappa shape index (κ3) is 2.91. The predicted octanol–water partition coefficient (Wildman–Crippen LogP) is 0.886. The molecule has 2 aromatic rings. The third-order valence-electron chi connectivity index (χ3n) is 1.68. The molecule has 0 spiro atoms. The molecular formula is C10H9N5. The molecule has 0 radical (unpaired) electrons. The number of nitrogens with zero attached hydrogens (tertiary/aromatic N) is 5. The van der Waals surface area contributed by atoms with Crippen molar-refractivity contribution in [2.45, 2.75) is 6.54 Å². The van der Waals surface area contributed by atoms with E-state index in [1.165, 1.54) is 0 Å². The second-order valence-corrected chi connectivity index (χ2v) is 2.80. The summed E-state index contributed by atoms with van der Waals surface area (Å²) in [7, 11) is 0. The molecule has 0 bridgehead atoms. The average molecular weight is 199 g/mol. The van der Waals surface area contributed by atoms with Gasteiger partial charge >= 0.3 is 0 Å². The Balaban J connectivity index is 1.97. The summed E-state index contributed by atoms with van der Waals surface area (Å²) in [6.45, 7) is 0.504. The van der Waals surface area contributed by atoms with E-state index in [2.05, 4.69) is 24.9 Å². The van der Waals surface area contributed by atoms with E-state index in [9.17, 15) is 0 Å². The molecule has 15 heavy (non-hydrogen) atoms. The zero-order valence-corrected chi connectivity index (χ0v) is 7.98. The van der Waals surface area contributed by atoms with E-state index in [-0.39, 0.29) is 0 Å². The molecular weight excluding hydrogens is 190 g/mol. The van der Waals surface area contributed by atoms with Crippen LogP contribution in [0.15, 0.2) is 42.2 Å². The lowest BCUT2D eigenvalue weighted by molar-refractivity contribution is 0.966. The van der Waals surface area contributed by atoms with Crippen molar-refractivity contribution in [1.29, 1.82) is 0 Å². The van der Waals surface area contributed by atoms with Gasteiger partial charge in [0.25, 0.3) is 0 Å². The Hall–Kier alpha value is -2.17. The number of aliphatic imine (C=N–C) groups is 1. The molecule has 0 aliphatic heterocycles. The van der Waals surface area contributed by atoms with Crippen LogP contribution in [0.2, 0.25) is 0 Å². The average Bonchev–Trinajstić information content (AvgIpc) is 2.32. The van der Waals surface area contributed by atoms with Crippen molar-refractivity contribution in [1.82, 2.24) is 19.9 Å². The fourth-order valence-corrected chi connectivity index (χ4v) is 1.02. The number of aromatic nitrogens is 4. The van der Waals surface area contributed by atoms with E-state index in [0.717, 1.165) is 11.4 Å².